The van der Waals surface area contributed by atoms with Gasteiger partial charge in [-0.05, 0) is 0 Å². The Balaban J connectivity index is 3.73. The summed E-state index contributed by atoms with van der Waals surface area (Å²) in [5, 5.41) is 0. The van der Waals surface area contributed by atoms with Crippen LogP contribution < -0.4 is 0 Å². The van der Waals surface area contributed by atoms with Crippen LogP contribution in [0.15, 0.2) is 0 Å². The molecule has 0 aliphatic carbocycles. The van der Waals surface area contributed by atoms with Crippen LogP contribution in [0.25, 0.3) is 0 Å². The van der Waals surface area contributed by atoms with Crippen molar-refractivity contribution in [2.45, 2.75) is 0 Å². The fourth-order valence-electron chi connectivity index (χ4n) is 0. The van der Waals surface area contributed by atoms with Crippen LogP contribution >= 0.6 is 39.9 Å². The molecule has 0 amide bonds. The van der Waals surface area contributed by atoms with Crippen LogP contribution in [0, 0.1) is 14.7 Å². The number of hydrogen-bond acceptors (Lipinski definition) is 0. The third-order valence-electron chi connectivity index (χ3n) is 0. The van der Waals surface area contributed by atoms with E-state index in [0.717, 1.165) is 0 Å². The molecule has 0 nitrogen and oxygen atoms in total. The number of rotatable bonds is 0. The molecule has 0 heterocycles. The third kappa shape index (κ3) is 32.0. The van der Waals surface area contributed by atoms with Crippen molar-refractivity contribution in [1.29, 1.82) is 0 Å². The summed E-state index contributed by atoms with van der Waals surface area (Å²) in [6.45, 7) is 0. The topological polar surface area (TPSA) is 0 Å². The second-order valence-electron chi connectivity index (χ2n) is 0.583. The molecule has 0 aromatic heterocycles. The van der Waals surface area contributed by atoms with Crippen molar-refractivity contribution < 1.29 is 14.7 Å². The van der Waals surface area contributed by atoms with Crippen LogP contribution in [0.4, 0.5) is 0 Å². The molecular weight excluding hydrogens is 421 g/mol. The second-order valence-corrected chi connectivity index (χ2v) is 49.0. The molecule has 0 aliphatic heterocycles. The van der Waals surface area contributed by atoms with Crippen molar-refractivity contribution in [3.05, 3.63) is 0 Å². The zero-order chi connectivity index (χ0) is 5.45. The molecule has 0 atom stereocenters. The Morgan fingerprint density at radius 1 is 0.667 bits per heavy atom. The van der Waals surface area contributed by atoms with Gasteiger partial charge in [0.15, 0.2) is 0 Å². The van der Waals surface area contributed by atoms with Gasteiger partial charge < -0.3 is 0 Å². The maximum atomic E-state index is 5.06. The minimum absolute atomic E-state index is 4.47. The number of halogens is 5. The van der Waals surface area contributed by atoms with Gasteiger partial charge in [0.05, 0.1) is 0 Å². The van der Waals surface area contributed by atoms with E-state index in [2.05, 4.69) is 0 Å². The zero-order valence-corrected chi connectivity index (χ0v) is 9.48. The predicted molar refractivity (Wildman–Crippen MR) is 29.3 cm³/mol. The Hall–Kier alpha value is 2.44. The molecular formula is Cl5Pu. The van der Waals surface area contributed by atoms with Crippen LogP contribution in [-0.2, 0) is 0 Å². The first kappa shape index (κ1) is 8.44. The normalized spacial score (nSPS) is 19.2. The van der Waals surface area contributed by atoms with Gasteiger partial charge in [-0.15, -0.1) is 0 Å². The van der Waals surface area contributed by atoms with Crippen LogP contribution in [0.1, 0.15) is 0 Å². The first-order valence-electron chi connectivity index (χ1n) is 0.772. The standard InChI is InChI=1S/5ClH.Pu/h5*1H;/q;;;;;+5/p-5. The number of hydrogen-bond donors (Lipinski definition) is 0. The van der Waals surface area contributed by atoms with Gasteiger partial charge in [-0.3, -0.25) is 0 Å². The van der Waals surface area contributed by atoms with Gasteiger partial charge in [-0.2, -0.15) is 0 Å². The van der Waals surface area contributed by atoms with Gasteiger partial charge in [-0.25, -0.2) is 0 Å². The molecule has 0 aromatic carbocycles. The van der Waals surface area contributed by atoms with Gasteiger partial charge in [0.2, 0.25) is 0 Å². The quantitative estimate of drug-likeness (QED) is 0.562. The Morgan fingerprint density at radius 3 is 0.667 bits per heavy atom. The van der Waals surface area contributed by atoms with Crippen molar-refractivity contribution >= 4 is 39.9 Å². The van der Waals surface area contributed by atoms with E-state index in [1.54, 1.807) is 0 Å². The second kappa shape index (κ2) is 1.99. The van der Waals surface area contributed by atoms with Crippen molar-refractivity contribution in [3.63, 3.8) is 0 Å². The Morgan fingerprint density at radius 2 is 0.667 bits per heavy atom. The monoisotopic (exact) mass is 413 g/mol. The summed E-state index contributed by atoms with van der Waals surface area (Å²) >= 11 is -4.47. The summed E-state index contributed by atoms with van der Waals surface area (Å²) < 4.78 is 0. The molecule has 0 unspecified atom stereocenters. The van der Waals surface area contributed by atoms with E-state index >= 15 is 0 Å². The van der Waals surface area contributed by atoms with E-state index in [-0.39, 0.29) is 0 Å². The average Bonchev–Trinajstić information content (AvgIpc) is 0.650. The molecule has 0 radical (unpaired) electrons. The van der Waals surface area contributed by atoms with Gasteiger partial charge in [0.25, 0.3) is 0 Å². The SMILES string of the molecule is [Cl][Pu]([Cl])([Cl])([Cl])[Cl]. The van der Waals surface area contributed by atoms with Gasteiger partial charge in [-0.1, -0.05) is 0 Å². The minimum atomic E-state index is -4.47. The molecule has 0 bridgehead atoms. The Labute approximate surface area is 53.6 Å². The van der Waals surface area contributed by atoms with E-state index in [0.29, 0.717) is 0 Å². The molecule has 6 heteroatoms. The summed E-state index contributed by atoms with van der Waals surface area (Å²) in [6, 6.07) is 0. The van der Waals surface area contributed by atoms with E-state index in [9.17, 15) is 0 Å². The molecule has 0 spiro atoms. The fourth-order valence-corrected chi connectivity index (χ4v) is 0. The van der Waals surface area contributed by atoms with E-state index < -0.39 is 14.7 Å². The average molecular weight is 421 g/mol. The zero-order valence-electron chi connectivity index (χ0n) is 2.30. The molecule has 0 fully saturated rings. The van der Waals surface area contributed by atoms with Crippen LogP contribution in [-0.4, -0.2) is 0 Å². The third-order valence-corrected chi connectivity index (χ3v) is 0. The summed E-state index contributed by atoms with van der Waals surface area (Å²) in [5.41, 5.74) is 0. The first-order chi connectivity index (χ1) is 2.24. The molecule has 0 saturated carbocycles. The van der Waals surface area contributed by atoms with Crippen molar-refractivity contribution in [3.8, 4) is 0 Å². The summed E-state index contributed by atoms with van der Waals surface area (Å²) in [4.78, 5) is 0. The van der Waals surface area contributed by atoms with E-state index in [1.807, 2.05) is 0 Å². The molecule has 41 valence electrons. The maximum absolute atomic E-state index is 5.06. The molecule has 0 saturated heterocycles. The van der Waals surface area contributed by atoms with Gasteiger partial charge in [0, 0.05) is 0 Å². The Kier molecular flexibility index (Phi) is 2.80. The van der Waals surface area contributed by atoms with E-state index in [4.69, 9.17) is 39.9 Å². The summed E-state index contributed by atoms with van der Waals surface area (Å²) in [6.07, 6.45) is 0. The van der Waals surface area contributed by atoms with Crippen LogP contribution in [0.5, 0.6) is 0 Å². The molecule has 0 rings (SSSR count). The Bertz CT molecular complexity index is 37.1. The van der Waals surface area contributed by atoms with E-state index in [1.165, 1.54) is 0 Å². The molecule has 0 aliphatic rings. The van der Waals surface area contributed by atoms with Gasteiger partial charge >= 0.3 is 54.6 Å². The van der Waals surface area contributed by atoms with Crippen molar-refractivity contribution in [1.82, 2.24) is 0 Å². The summed E-state index contributed by atoms with van der Waals surface area (Å²) in [7, 11) is 25.3. The first-order valence-corrected chi connectivity index (χ1v) is 21.6. The molecule has 0 N–H and O–H groups in total. The van der Waals surface area contributed by atoms with Crippen LogP contribution in [0.3, 0.4) is 0 Å². The van der Waals surface area contributed by atoms with Crippen molar-refractivity contribution in [2.24, 2.45) is 0 Å². The van der Waals surface area contributed by atoms with Crippen LogP contribution in [0.2, 0.25) is 0 Å². The molecule has 6 heavy (non-hydrogen) atoms. The molecule has 0 aromatic rings. The predicted octanol–water partition coefficient (Wildman–Crippen LogP) is 3.45. The summed E-state index contributed by atoms with van der Waals surface area (Å²) in [5.74, 6) is 0. The van der Waals surface area contributed by atoms with Gasteiger partial charge in [0.1, 0.15) is 0 Å². The fraction of sp³-hybridized carbons (Fsp3) is 0. The van der Waals surface area contributed by atoms with Crippen molar-refractivity contribution in [2.75, 3.05) is 0 Å².